The summed E-state index contributed by atoms with van der Waals surface area (Å²) in [7, 11) is 0. The molecule has 3 rings (SSSR count). The van der Waals surface area contributed by atoms with Gasteiger partial charge in [0.15, 0.2) is 5.65 Å². The van der Waals surface area contributed by atoms with E-state index >= 15 is 0 Å². The Balaban J connectivity index is 1.87. The molecular weight excluding hydrogens is 256 g/mol. The maximum Gasteiger partial charge on any atom is 0.257 e. The standard InChI is InChI=1S/C14H18N4O2/c1-9-12(13-15-7-4-8-18(13)17-9)14(20)16-10-5-2-3-6-11(10)19/h4,7-8,10-11,19H,2-3,5-6H2,1H3,(H,16,20). The van der Waals surface area contributed by atoms with Crippen LogP contribution in [0.1, 0.15) is 41.7 Å². The van der Waals surface area contributed by atoms with Crippen LogP contribution in [-0.4, -0.2) is 37.8 Å². The lowest BCUT2D eigenvalue weighted by atomic mass is 9.92. The second-order valence-corrected chi connectivity index (χ2v) is 5.28. The molecule has 20 heavy (non-hydrogen) atoms. The molecule has 2 unspecified atom stereocenters. The molecule has 1 amide bonds. The minimum absolute atomic E-state index is 0.172. The van der Waals surface area contributed by atoms with Crippen LogP contribution in [0.2, 0.25) is 0 Å². The van der Waals surface area contributed by atoms with Crippen LogP contribution in [0.25, 0.3) is 5.65 Å². The van der Waals surface area contributed by atoms with Gasteiger partial charge < -0.3 is 10.4 Å². The number of amides is 1. The van der Waals surface area contributed by atoms with E-state index in [-0.39, 0.29) is 11.9 Å². The van der Waals surface area contributed by atoms with E-state index in [1.54, 1.807) is 29.9 Å². The molecule has 0 aliphatic heterocycles. The minimum atomic E-state index is -0.456. The van der Waals surface area contributed by atoms with Crippen molar-refractivity contribution in [1.82, 2.24) is 19.9 Å². The normalized spacial score (nSPS) is 22.9. The number of carbonyl (C=O) groups is 1. The maximum atomic E-state index is 12.4. The van der Waals surface area contributed by atoms with Gasteiger partial charge in [-0.25, -0.2) is 9.50 Å². The van der Waals surface area contributed by atoms with Crippen molar-refractivity contribution in [2.75, 3.05) is 0 Å². The Bertz CT molecular complexity index is 637. The summed E-state index contributed by atoms with van der Waals surface area (Å²) < 4.78 is 1.60. The molecule has 1 saturated carbocycles. The van der Waals surface area contributed by atoms with E-state index in [9.17, 15) is 9.90 Å². The second kappa shape index (κ2) is 5.20. The predicted octanol–water partition coefficient (Wildman–Crippen LogP) is 1.07. The van der Waals surface area contributed by atoms with Gasteiger partial charge in [-0.3, -0.25) is 4.79 Å². The SMILES string of the molecule is Cc1nn2cccnc2c1C(=O)NC1CCCCC1O. The quantitative estimate of drug-likeness (QED) is 0.858. The molecule has 2 aromatic heterocycles. The van der Waals surface area contributed by atoms with Crippen LogP contribution < -0.4 is 5.32 Å². The predicted molar refractivity (Wildman–Crippen MR) is 73.5 cm³/mol. The molecule has 0 spiro atoms. The first-order valence-corrected chi connectivity index (χ1v) is 6.95. The lowest BCUT2D eigenvalue weighted by molar-refractivity contribution is 0.0718. The second-order valence-electron chi connectivity index (χ2n) is 5.28. The Morgan fingerprint density at radius 3 is 3.05 bits per heavy atom. The Kier molecular flexibility index (Phi) is 3.40. The van der Waals surface area contributed by atoms with E-state index in [0.29, 0.717) is 16.9 Å². The topological polar surface area (TPSA) is 79.5 Å². The molecule has 0 bridgehead atoms. The van der Waals surface area contributed by atoms with E-state index in [4.69, 9.17) is 0 Å². The molecule has 6 nitrogen and oxygen atoms in total. The van der Waals surface area contributed by atoms with Gasteiger partial charge >= 0.3 is 0 Å². The Labute approximate surface area is 116 Å². The Morgan fingerprint density at radius 2 is 2.25 bits per heavy atom. The van der Waals surface area contributed by atoms with Crippen LogP contribution in [0, 0.1) is 6.92 Å². The highest BCUT2D eigenvalue weighted by Gasteiger charge is 2.27. The average Bonchev–Trinajstić information content (AvgIpc) is 2.77. The zero-order valence-corrected chi connectivity index (χ0v) is 11.4. The average molecular weight is 274 g/mol. The zero-order chi connectivity index (χ0) is 14.1. The van der Waals surface area contributed by atoms with Gasteiger partial charge in [-0.1, -0.05) is 12.8 Å². The Morgan fingerprint density at radius 1 is 1.45 bits per heavy atom. The highest BCUT2D eigenvalue weighted by Crippen LogP contribution is 2.20. The summed E-state index contributed by atoms with van der Waals surface area (Å²) in [6, 6.07) is 1.60. The molecular formula is C14H18N4O2. The van der Waals surface area contributed by atoms with Crippen LogP contribution >= 0.6 is 0 Å². The first-order chi connectivity index (χ1) is 9.66. The summed E-state index contributed by atoms with van der Waals surface area (Å²) in [5.41, 5.74) is 1.68. The van der Waals surface area contributed by atoms with Crippen LogP contribution in [0.15, 0.2) is 18.5 Å². The van der Waals surface area contributed by atoms with E-state index in [1.165, 1.54) is 0 Å². The third-order valence-corrected chi connectivity index (χ3v) is 3.84. The molecule has 0 radical (unpaired) electrons. The molecule has 2 N–H and O–H groups in total. The van der Waals surface area contributed by atoms with Gasteiger partial charge in [-0.2, -0.15) is 5.10 Å². The number of rotatable bonds is 2. The summed E-state index contributed by atoms with van der Waals surface area (Å²) in [5.74, 6) is -0.206. The van der Waals surface area contributed by atoms with Gasteiger partial charge in [-0.05, 0) is 25.8 Å². The van der Waals surface area contributed by atoms with Crippen molar-refractivity contribution in [2.45, 2.75) is 44.8 Å². The molecule has 1 fully saturated rings. The first-order valence-electron chi connectivity index (χ1n) is 6.95. The van der Waals surface area contributed by atoms with E-state index in [1.807, 2.05) is 0 Å². The number of fused-ring (bicyclic) bond motifs is 1. The summed E-state index contributed by atoms with van der Waals surface area (Å²) >= 11 is 0. The number of aliphatic hydroxyl groups excluding tert-OH is 1. The fourth-order valence-corrected chi connectivity index (χ4v) is 2.78. The highest BCUT2D eigenvalue weighted by molar-refractivity contribution is 6.01. The van der Waals surface area contributed by atoms with Crippen LogP contribution in [0.5, 0.6) is 0 Å². The number of hydrogen-bond acceptors (Lipinski definition) is 4. The zero-order valence-electron chi connectivity index (χ0n) is 11.4. The summed E-state index contributed by atoms with van der Waals surface area (Å²) in [6.45, 7) is 1.79. The lowest BCUT2D eigenvalue weighted by Crippen LogP contribution is -2.45. The minimum Gasteiger partial charge on any atom is -0.391 e. The first kappa shape index (κ1) is 13.1. The number of nitrogens with one attached hydrogen (secondary N) is 1. The van der Waals surface area contributed by atoms with Gasteiger partial charge in [-0.15, -0.1) is 0 Å². The number of aliphatic hydroxyl groups is 1. The van der Waals surface area contributed by atoms with Crippen molar-refractivity contribution in [1.29, 1.82) is 0 Å². The molecule has 1 aliphatic rings. The number of aromatic nitrogens is 3. The number of hydrogen-bond donors (Lipinski definition) is 2. The van der Waals surface area contributed by atoms with Crippen molar-refractivity contribution >= 4 is 11.6 Å². The van der Waals surface area contributed by atoms with Crippen LogP contribution in [-0.2, 0) is 0 Å². The smallest absolute Gasteiger partial charge is 0.257 e. The van der Waals surface area contributed by atoms with Crippen molar-refractivity contribution < 1.29 is 9.90 Å². The fourth-order valence-electron chi connectivity index (χ4n) is 2.78. The molecule has 2 aromatic rings. The number of aryl methyl sites for hydroxylation is 1. The van der Waals surface area contributed by atoms with Gasteiger partial charge in [0.2, 0.25) is 0 Å². The molecule has 2 atom stereocenters. The lowest BCUT2D eigenvalue weighted by Gasteiger charge is -2.28. The van der Waals surface area contributed by atoms with E-state index < -0.39 is 6.10 Å². The van der Waals surface area contributed by atoms with Crippen molar-refractivity contribution in [3.05, 3.63) is 29.7 Å². The summed E-state index contributed by atoms with van der Waals surface area (Å²) in [6.07, 6.45) is 6.57. The third-order valence-electron chi connectivity index (χ3n) is 3.84. The monoisotopic (exact) mass is 274 g/mol. The van der Waals surface area contributed by atoms with Crippen LogP contribution in [0.4, 0.5) is 0 Å². The van der Waals surface area contributed by atoms with Crippen LogP contribution in [0.3, 0.4) is 0 Å². The van der Waals surface area contributed by atoms with Crippen molar-refractivity contribution in [2.24, 2.45) is 0 Å². The summed E-state index contributed by atoms with van der Waals surface area (Å²) in [5, 5.41) is 17.1. The molecule has 0 aromatic carbocycles. The van der Waals surface area contributed by atoms with Gasteiger partial charge in [0, 0.05) is 12.4 Å². The number of nitrogens with zero attached hydrogens (tertiary/aromatic N) is 3. The third kappa shape index (κ3) is 2.27. The highest BCUT2D eigenvalue weighted by atomic mass is 16.3. The maximum absolute atomic E-state index is 12.4. The molecule has 1 aliphatic carbocycles. The van der Waals surface area contributed by atoms with Crippen molar-refractivity contribution in [3.63, 3.8) is 0 Å². The fraction of sp³-hybridized carbons (Fsp3) is 0.500. The van der Waals surface area contributed by atoms with E-state index in [2.05, 4.69) is 15.4 Å². The van der Waals surface area contributed by atoms with Gasteiger partial charge in [0.25, 0.3) is 5.91 Å². The van der Waals surface area contributed by atoms with Gasteiger partial charge in [0.1, 0.15) is 5.56 Å². The summed E-state index contributed by atoms with van der Waals surface area (Å²) in [4.78, 5) is 16.7. The van der Waals surface area contributed by atoms with Crippen molar-refractivity contribution in [3.8, 4) is 0 Å². The van der Waals surface area contributed by atoms with Gasteiger partial charge in [0.05, 0.1) is 17.8 Å². The largest absolute Gasteiger partial charge is 0.391 e. The molecule has 2 heterocycles. The molecule has 106 valence electrons. The Hall–Kier alpha value is -1.95. The molecule has 6 heteroatoms. The van der Waals surface area contributed by atoms with E-state index in [0.717, 1.165) is 25.7 Å². The number of carbonyl (C=O) groups excluding carboxylic acids is 1. The molecule has 0 saturated heterocycles.